The van der Waals surface area contributed by atoms with Gasteiger partial charge < -0.3 is 14.3 Å². The lowest BCUT2D eigenvalue weighted by Crippen LogP contribution is -2.27. The van der Waals surface area contributed by atoms with Gasteiger partial charge in [0.2, 0.25) is 0 Å². The van der Waals surface area contributed by atoms with Gasteiger partial charge in [-0.15, -0.1) is 0 Å². The Morgan fingerprint density at radius 1 is 1.57 bits per heavy atom. The summed E-state index contributed by atoms with van der Waals surface area (Å²) in [4.78, 5) is 0. The Morgan fingerprint density at radius 3 is 2.86 bits per heavy atom. The fraction of sp³-hybridized carbons (Fsp3) is 0.636. The van der Waals surface area contributed by atoms with E-state index in [-0.39, 0.29) is 18.3 Å². The van der Waals surface area contributed by atoms with Gasteiger partial charge in [-0.05, 0) is 38.8 Å². The number of aliphatic hydroxyl groups is 1. The summed E-state index contributed by atoms with van der Waals surface area (Å²) in [7, 11) is 0. The van der Waals surface area contributed by atoms with Crippen LogP contribution in [0.5, 0.6) is 0 Å². The third-order valence-corrected chi connectivity index (χ3v) is 2.78. The summed E-state index contributed by atoms with van der Waals surface area (Å²) in [6.45, 7) is 3.93. The van der Waals surface area contributed by atoms with Gasteiger partial charge in [0, 0.05) is 0 Å². The minimum absolute atomic E-state index is 0.0147. The van der Waals surface area contributed by atoms with Crippen LogP contribution in [0.15, 0.2) is 16.5 Å². The first-order chi connectivity index (χ1) is 6.63. The van der Waals surface area contributed by atoms with Gasteiger partial charge in [-0.1, -0.05) is 0 Å². The summed E-state index contributed by atoms with van der Waals surface area (Å²) >= 11 is 0. The average molecular weight is 196 g/mol. The molecule has 0 radical (unpaired) electrons. The molecule has 1 aliphatic heterocycles. The zero-order valence-electron chi connectivity index (χ0n) is 8.62. The van der Waals surface area contributed by atoms with Crippen LogP contribution >= 0.6 is 0 Å². The highest BCUT2D eigenvalue weighted by Gasteiger charge is 2.37. The van der Waals surface area contributed by atoms with Crippen LogP contribution in [0.25, 0.3) is 0 Å². The summed E-state index contributed by atoms with van der Waals surface area (Å²) in [6, 6.07) is 3.89. The van der Waals surface area contributed by atoms with Gasteiger partial charge in [-0.3, -0.25) is 0 Å². The molecular formula is C11H16O3. The maximum atomic E-state index is 9.14. The van der Waals surface area contributed by atoms with Gasteiger partial charge in [0.25, 0.3) is 0 Å². The Labute approximate surface area is 83.7 Å². The quantitative estimate of drug-likeness (QED) is 0.788. The van der Waals surface area contributed by atoms with Gasteiger partial charge in [0.15, 0.2) is 0 Å². The Hall–Kier alpha value is -0.800. The van der Waals surface area contributed by atoms with Gasteiger partial charge in [0.1, 0.15) is 17.6 Å². The second kappa shape index (κ2) is 3.41. The molecule has 2 rings (SSSR count). The minimum atomic E-state index is -0.384. The highest BCUT2D eigenvalue weighted by molar-refractivity contribution is 5.10. The smallest absolute Gasteiger partial charge is 0.132 e. The first-order valence-electron chi connectivity index (χ1n) is 4.98. The van der Waals surface area contributed by atoms with Gasteiger partial charge in [0.05, 0.1) is 12.2 Å². The van der Waals surface area contributed by atoms with E-state index in [0.29, 0.717) is 0 Å². The molecule has 2 atom stereocenters. The number of hydrogen-bond donors (Lipinski definition) is 1. The molecule has 1 saturated heterocycles. The molecule has 14 heavy (non-hydrogen) atoms. The molecule has 3 heteroatoms. The number of aliphatic hydroxyl groups excluding tert-OH is 1. The number of furan rings is 1. The predicted molar refractivity (Wildman–Crippen MR) is 52.0 cm³/mol. The number of ether oxygens (including phenoxy) is 1. The van der Waals surface area contributed by atoms with Crippen molar-refractivity contribution in [2.45, 2.75) is 38.4 Å². The highest BCUT2D eigenvalue weighted by atomic mass is 16.5. The van der Waals surface area contributed by atoms with Crippen LogP contribution in [-0.4, -0.2) is 17.3 Å². The fourth-order valence-corrected chi connectivity index (χ4v) is 1.84. The molecule has 0 aliphatic carbocycles. The molecule has 1 fully saturated rings. The fourth-order valence-electron chi connectivity index (χ4n) is 1.84. The van der Waals surface area contributed by atoms with E-state index in [1.165, 1.54) is 0 Å². The van der Waals surface area contributed by atoms with Crippen molar-refractivity contribution < 1.29 is 14.3 Å². The minimum Gasteiger partial charge on any atom is -0.464 e. The van der Waals surface area contributed by atoms with E-state index < -0.39 is 0 Å². The van der Waals surface area contributed by atoms with Crippen molar-refractivity contribution in [1.82, 2.24) is 0 Å². The zero-order chi connectivity index (χ0) is 10.2. The third-order valence-electron chi connectivity index (χ3n) is 2.78. The normalized spacial score (nSPS) is 32.4. The van der Waals surface area contributed by atoms with E-state index in [4.69, 9.17) is 14.3 Å². The van der Waals surface area contributed by atoms with Crippen LogP contribution in [0, 0.1) is 6.92 Å². The summed E-state index contributed by atoms with van der Waals surface area (Å²) in [5, 5.41) is 9.14. The van der Waals surface area contributed by atoms with Crippen LogP contribution < -0.4 is 0 Å². The van der Waals surface area contributed by atoms with Gasteiger partial charge in [-0.25, -0.2) is 0 Å². The molecule has 2 heterocycles. The maximum absolute atomic E-state index is 9.14. The monoisotopic (exact) mass is 196 g/mol. The van der Waals surface area contributed by atoms with Crippen molar-refractivity contribution in [2.75, 3.05) is 6.61 Å². The lowest BCUT2D eigenvalue weighted by molar-refractivity contribution is -0.0678. The van der Waals surface area contributed by atoms with E-state index >= 15 is 0 Å². The van der Waals surface area contributed by atoms with Crippen molar-refractivity contribution >= 4 is 0 Å². The number of aryl methyl sites for hydroxylation is 1. The summed E-state index contributed by atoms with van der Waals surface area (Å²) in [5.74, 6) is 1.78. The molecule has 0 spiro atoms. The largest absolute Gasteiger partial charge is 0.464 e. The van der Waals surface area contributed by atoms with Gasteiger partial charge in [-0.2, -0.15) is 0 Å². The van der Waals surface area contributed by atoms with Crippen LogP contribution in [0.2, 0.25) is 0 Å². The standard InChI is InChI=1S/C11H16O3/c1-8-3-4-9(13-8)10-5-6-11(2,7-12)14-10/h3-4,10,12H,5-7H2,1-2H3. The molecule has 1 aliphatic rings. The van der Waals surface area contributed by atoms with E-state index in [1.54, 1.807) is 0 Å². The third kappa shape index (κ3) is 1.70. The topological polar surface area (TPSA) is 42.6 Å². The number of rotatable bonds is 2. The molecule has 0 aromatic carbocycles. The Morgan fingerprint density at radius 2 is 2.36 bits per heavy atom. The lowest BCUT2D eigenvalue weighted by Gasteiger charge is -2.21. The predicted octanol–water partition coefficient (Wildman–Crippen LogP) is 2.19. The molecule has 78 valence electrons. The van der Waals surface area contributed by atoms with E-state index in [1.807, 2.05) is 26.0 Å². The van der Waals surface area contributed by atoms with Crippen molar-refractivity contribution in [1.29, 1.82) is 0 Å². The molecule has 1 aromatic heterocycles. The van der Waals surface area contributed by atoms with Crippen LogP contribution in [-0.2, 0) is 4.74 Å². The first kappa shape index (κ1) is 9.74. The van der Waals surface area contributed by atoms with Crippen molar-refractivity contribution in [2.24, 2.45) is 0 Å². The van der Waals surface area contributed by atoms with Crippen LogP contribution in [0.3, 0.4) is 0 Å². The molecule has 0 amide bonds. The molecule has 0 saturated carbocycles. The summed E-state index contributed by atoms with van der Waals surface area (Å²) < 4.78 is 11.3. The highest BCUT2D eigenvalue weighted by Crippen LogP contribution is 2.39. The Balaban J connectivity index is 2.09. The Bertz CT molecular complexity index is 318. The van der Waals surface area contributed by atoms with Crippen LogP contribution in [0.4, 0.5) is 0 Å². The second-order valence-electron chi connectivity index (χ2n) is 4.20. The maximum Gasteiger partial charge on any atom is 0.132 e. The van der Waals surface area contributed by atoms with Crippen LogP contribution in [0.1, 0.15) is 37.4 Å². The van der Waals surface area contributed by atoms with Crippen molar-refractivity contribution in [3.63, 3.8) is 0 Å². The molecular weight excluding hydrogens is 180 g/mol. The summed E-state index contributed by atoms with van der Waals surface area (Å²) in [6.07, 6.45) is 1.82. The van der Waals surface area contributed by atoms with E-state index in [2.05, 4.69) is 0 Å². The Kier molecular flexibility index (Phi) is 2.37. The van der Waals surface area contributed by atoms with Crippen molar-refractivity contribution in [3.8, 4) is 0 Å². The SMILES string of the molecule is Cc1ccc(C2CCC(C)(CO)O2)o1. The molecule has 1 N–H and O–H groups in total. The summed E-state index contributed by atoms with van der Waals surface area (Å²) in [5.41, 5.74) is -0.384. The molecule has 3 nitrogen and oxygen atoms in total. The second-order valence-corrected chi connectivity index (χ2v) is 4.20. The number of hydrogen-bond acceptors (Lipinski definition) is 3. The molecule has 1 aromatic rings. The molecule has 2 unspecified atom stereocenters. The first-order valence-corrected chi connectivity index (χ1v) is 4.98. The zero-order valence-corrected chi connectivity index (χ0v) is 8.62. The molecule has 0 bridgehead atoms. The van der Waals surface area contributed by atoms with Gasteiger partial charge >= 0.3 is 0 Å². The van der Waals surface area contributed by atoms with E-state index in [9.17, 15) is 0 Å². The van der Waals surface area contributed by atoms with E-state index in [0.717, 1.165) is 24.4 Å². The average Bonchev–Trinajstić information content (AvgIpc) is 2.73. The lowest BCUT2D eigenvalue weighted by atomic mass is 10.0. The van der Waals surface area contributed by atoms with Crippen molar-refractivity contribution in [3.05, 3.63) is 23.7 Å².